The van der Waals surface area contributed by atoms with Crippen molar-refractivity contribution in [1.29, 1.82) is 0 Å². The molecule has 38 heavy (non-hydrogen) atoms. The van der Waals surface area contributed by atoms with E-state index in [-0.39, 0.29) is 11.3 Å². The van der Waals surface area contributed by atoms with E-state index in [1.165, 1.54) is 4.90 Å². The number of carbonyl (C=O) groups is 2. The minimum Gasteiger partial charge on any atom is -0.507 e. The molecule has 1 heterocycles. The van der Waals surface area contributed by atoms with Gasteiger partial charge in [0.15, 0.2) is 0 Å². The first-order valence-electron chi connectivity index (χ1n) is 12.8. The summed E-state index contributed by atoms with van der Waals surface area (Å²) in [5, 5.41) is 13.5. The molecule has 0 aromatic heterocycles. The van der Waals surface area contributed by atoms with Gasteiger partial charge in [0.05, 0.1) is 18.7 Å². The van der Waals surface area contributed by atoms with Gasteiger partial charge in [0.25, 0.3) is 11.7 Å². The van der Waals surface area contributed by atoms with E-state index in [1.807, 2.05) is 60.7 Å². The molecule has 5 rings (SSSR count). The molecule has 1 unspecified atom stereocenters. The third kappa shape index (κ3) is 4.39. The molecule has 1 saturated heterocycles. The molecule has 0 bridgehead atoms. The van der Waals surface area contributed by atoms with E-state index in [9.17, 15) is 14.7 Å². The van der Waals surface area contributed by atoms with Crippen LogP contribution < -0.4 is 14.5 Å². The Bertz CT molecular complexity index is 1520. The third-order valence-corrected chi connectivity index (χ3v) is 7.16. The van der Waals surface area contributed by atoms with Gasteiger partial charge in [-0.15, -0.1) is 0 Å². The first-order valence-corrected chi connectivity index (χ1v) is 12.8. The summed E-state index contributed by atoms with van der Waals surface area (Å²) in [4.78, 5) is 30.6. The van der Waals surface area contributed by atoms with Gasteiger partial charge in [0.1, 0.15) is 11.5 Å². The number of rotatable bonds is 7. The zero-order valence-corrected chi connectivity index (χ0v) is 21.7. The number of ether oxygens (including phenoxy) is 1. The number of nitrogens with zero attached hydrogens (tertiary/aromatic N) is 2. The Kier molecular flexibility index (Phi) is 6.88. The summed E-state index contributed by atoms with van der Waals surface area (Å²) in [6.45, 7) is 5.92. The number of hydrogen-bond acceptors (Lipinski definition) is 5. The first-order chi connectivity index (χ1) is 18.5. The van der Waals surface area contributed by atoms with E-state index in [4.69, 9.17) is 4.74 Å². The number of hydrogen-bond donors (Lipinski definition) is 1. The first kappa shape index (κ1) is 25.1. The normalized spacial score (nSPS) is 16.7. The number of amides is 1. The highest BCUT2D eigenvalue weighted by Gasteiger charge is 2.47. The van der Waals surface area contributed by atoms with Crippen molar-refractivity contribution in [3.8, 4) is 5.75 Å². The number of benzene rings is 4. The second kappa shape index (κ2) is 10.4. The molecule has 1 atom stereocenters. The highest BCUT2D eigenvalue weighted by Crippen LogP contribution is 2.43. The number of aliphatic hydroxyl groups excluding tert-OH is 1. The average molecular weight is 507 g/mol. The highest BCUT2D eigenvalue weighted by atomic mass is 16.5. The zero-order valence-electron chi connectivity index (χ0n) is 21.7. The zero-order chi connectivity index (χ0) is 26.8. The van der Waals surface area contributed by atoms with Crippen molar-refractivity contribution in [3.63, 3.8) is 0 Å². The molecule has 0 saturated carbocycles. The summed E-state index contributed by atoms with van der Waals surface area (Å²) in [6.07, 6.45) is 0. The summed E-state index contributed by atoms with van der Waals surface area (Å²) in [7, 11) is 1.57. The number of Topliss-reactive ketones (excluding diaryl/α,β-unsaturated/α-hetero) is 1. The second-order valence-electron chi connectivity index (χ2n) is 9.19. The Hall–Kier alpha value is -4.58. The molecule has 1 amide bonds. The van der Waals surface area contributed by atoms with Crippen molar-refractivity contribution < 1.29 is 19.4 Å². The van der Waals surface area contributed by atoms with Crippen LogP contribution in [0.15, 0.2) is 96.6 Å². The van der Waals surface area contributed by atoms with Gasteiger partial charge in [-0.3, -0.25) is 14.5 Å². The quantitative estimate of drug-likeness (QED) is 0.180. The van der Waals surface area contributed by atoms with Gasteiger partial charge in [0, 0.05) is 30.0 Å². The van der Waals surface area contributed by atoms with E-state index >= 15 is 0 Å². The fraction of sp³-hybridized carbons (Fsp3) is 0.188. The summed E-state index contributed by atoms with van der Waals surface area (Å²) in [5.74, 6) is -0.954. The minimum absolute atomic E-state index is 0.0664. The van der Waals surface area contributed by atoms with E-state index in [1.54, 1.807) is 37.4 Å². The van der Waals surface area contributed by atoms with Crippen LogP contribution in [0.3, 0.4) is 0 Å². The maximum Gasteiger partial charge on any atom is 0.300 e. The Morgan fingerprint density at radius 3 is 2.16 bits per heavy atom. The molecule has 4 aromatic rings. The molecule has 192 valence electrons. The third-order valence-electron chi connectivity index (χ3n) is 7.16. The lowest BCUT2D eigenvalue weighted by atomic mass is 9.94. The summed E-state index contributed by atoms with van der Waals surface area (Å²) < 4.78 is 5.28. The van der Waals surface area contributed by atoms with E-state index in [0.29, 0.717) is 17.0 Å². The lowest BCUT2D eigenvalue weighted by Gasteiger charge is -2.27. The smallest absolute Gasteiger partial charge is 0.300 e. The topological polar surface area (TPSA) is 70.1 Å². The minimum atomic E-state index is -0.791. The van der Waals surface area contributed by atoms with Crippen LogP contribution in [0.1, 0.15) is 31.0 Å². The lowest BCUT2D eigenvalue weighted by molar-refractivity contribution is -0.132. The van der Waals surface area contributed by atoms with E-state index in [0.717, 1.165) is 35.1 Å². The second-order valence-corrected chi connectivity index (χ2v) is 9.19. The van der Waals surface area contributed by atoms with Crippen LogP contribution in [-0.4, -0.2) is 37.0 Å². The number of fused-ring (bicyclic) bond motifs is 1. The molecule has 0 radical (unpaired) electrons. The molecule has 1 aliphatic rings. The predicted molar refractivity (Wildman–Crippen MR) is 152 cm³/mol. The van der Waals surface area contributed by atoms with Crippen molar-refractivity contribution in [2.45, 2.75) is 19.9 Å². The molecular weight excluding hydrogens is 476 g/mol. The molecule has 1 aliphatic heterocycles. The number of aliphatic hydroxyl groups is 1. The van der Waals surface area contributed by atoms with Gasteiger partial charge in [-0.25, -0.2) is 0 Å². The van der Waals surface area contributed by atoms with Gasteiger partial charge in [-0.05, 0) is 72.6 Å². The van der Waals surface area contributed by atoms with Crippen molar-refractivity contribution in [2.75, 3.05) is 30.0 Å². The molecule has 1 fully saturated rings. The van der Waals surface area contributed by atoms with Gasteiger partial charge >= 0.3 is 0 Å². The van der Waals surface area contributed by atoms with Gasteiger partial charge < -0.3 is 14.7 Å². The van der Waals surface area contributed by atoms with Crippen LogP contribution in [0, 0.1) is 0 Å². The monoisotopic (exact) mass is 506 g/mol. The molecule has 0 aliphatic carbocycles. The van der Waals surface area contributed by atoms with Crippen LogP contribution in [0.2, 0.25) is 0 Å². The molecule has 1 N–H and O–H groups in total. The number of ketones is 1. The molecule has 4 aromatic carbocycles. The average Bonchev–Trinajstić information content (AvgIpc) is 3.23. The van der Waals surface area contributed by atoms with Gasteiger partial charge in [-0.1, -0.05) is 48.5 Å². The molecular formula is C32H30N2O4. The van der Waals surface area contributed by atoms with Crippen LogP contribution in [-0.2, 0) is 9.59 Å². The molecule has 6 nitrogen and oxygen atoms in total. The predicted octanol–water partition coefficient (Wildman–Crippen LogP) is 6.32. The maximum absolute atomic E-state index is 13.5. The van der Waals surface area contributed by atoms with E-state index in [2.05, 4.69) is 18.7 Å². The largest absolute Gasteiger partial charge is 0.507 e. The molecule has 0 spiro atoms. The van der Waals surface area contributed by atoms with Crippen molar-refractivity contribution >= 4 is 39.6 Å². The fourth-order valence-corrected chi connectivity index (χ4v) is 5.11. The standard InChI is InChI=1S/C32H30N2O4/c1-4-33(5-2)25-14-12-22(13-15-25)29-28(30(35)24-11-10-21-8-6-7-9-23(21)20-24)31(36)32(37)34(29)26-16-18-27(38-3)19-17-26/h6-20,29,35H,4-5H2,1-3H3/b30-28-. The number of anilines is 2. The Morgan fingerprint density at radius 1 is 0.868 bits per heavy atom. The number of carbonyl (C=O) groups excluding carboxylic acids is 2. The van der Waals surface area contributed by atoms with Crippen LogP contribution in [0.25, 0.3) is 16.5 Å². The Morgan fingerprint density at radius 2 is 1.53 bits per heavy atom. The molecule has 6 heteroatoms. The fourth-order valence-electron chi connectivity index (χ4n) is 5.11. The van der Waals surface area contributed by atoms with Crippen LogP contribution in [0.4, 0.5) is 11.4 Å². The summed E-state index contributed by atoms with van der Waals surface area (Å²) in [5.41, 5.74) is 2.88. The lowest BCUT2D eigenvalue weighted by Crippen LogP contribution is -2.29. The van der Waals surface area contributed by atoms with Gasteiger partial charge in [-0.2, -0.15) is 0 Å². The number of methoxy groups -OCH3 is 1. The maximum atomic E-state index is 13.5. The van der Waals surface area contributed by atoms with E-state index < -0.39 is 17.7 Å². The van der Waals surface area contributed by atoms with Crippen molar-refractivity contribution in [1.82, 2.24) is 0 Å². The van der Waals surface area contributed by atoms with Crippen molar-refractivity contribution in [2.24, 2.45) is 0 Å². The Balaban J connectivity index is 1.67. The SMILES string of the molecule is CCN(CC)c1ccc(C2/C(=C(/O)c3ccc4ccccc4c3)C(=O)C(=O)N2c2ccc(OC)cc2)cc1. The summed E-state index contributed by atoms with van der Waals surface area (Å²) in [6, 6.07) is 27.4. The summed E-state index contributed by atoms with van der Waals surface area (Å²) >= 11 is 0. The Labute approximate surface area is 222 Å². The van der Waals surface area contributed by atoms with Crippen LogP contribution in [0.5, 0.6) is 5.75 Å². The van der Waals surface area contributed by atoms with Crippen LogP contribution >= 0.6 is 0 Å². The van der Waals surface area contributed by atoms with Crippen molar-refractivity contribution in [3.05, 3.63) is 108 Å². The highest BCUT2D eigenvalue weighted by molar-refractivity contribution is 6.51. The van der Waals surface area contributed by atoms with Gasteiger partial charge in [0.2, 0.25) is 0 Å².